The summed E-state index contributed by atoms with van der Waals surface area (Å²) in [6.45, 7) is 4.04. The highest BCUT2D eigenvalue weighted by molar-refractivity contribution is 5.89. The lowest BCUT2D eigenvalue weighted by Crippen LogP contribution is -2.50. The molecule has 2 atom stereocenters. The molecule has 2 aliphatic rings. The molecule has 0 aromatic heterocycles. The fraction of sp³-hybridized carbons (Fsp3) is 0.846. The summed E-state index contributed by atoms with van der Waals surface area (Å²) in [6, 6.07) is -0.445. The third kappa shape index (κ3) is 3.22. The highest BCUT2D eigenvalue weighted by atomic mass is 16.5. The SMILES string of the molecule is CC(NC(=O)C1CCCO1)C(=O)N1CCCCC1. The van der Waals surface area contributed by atoms with Gasteiger partial charge in [-0.1, -0.05) is 0 Å². The van der Waals surface area contributed by atoms with Gasteiger partial charge in [0, 0.05) is 19.7 Å². The molecule has 2 saturated heterocycles. The van der Waals surface area contributed by atoms with Crippen molar-refractivity contribution in [3.8, 4) is 0 Å². The van der Waals surface area contributed by atoms with Crippen molar-refractivity contribution in [2.75, 3.05) is 19.7 Å². The Hall–Kier alpha value is -1.10. The van der Waals surface area contributed by atoms with Gasteiger partial charge in [0.05, 0.1) is 0 Å². The number of piperidine rings is 1. The van der Waals surface area contributed by atoms with E-state index in [1.807, 2.05) is 4.90 Å². The molecular formula is C13H22N2O3. The number of likely N-dealkylation sites (tertiary alicyclic amines) is 1. The largest absolute Gasteiger partial charge is 0.368 e. The summed E-state index contributed by atoms with van der Waals surface area (Å²) in [5.74, 6) is -0.119. The molecule has 2 amide bonds. The summed E-state index contributed by atoms with van der Waals surface area (Å²) < 4.78 is 5.30. The maximum absolute atomic E-state index is 12.1. The van der Waals surface area contributed by atoms with Crippen LogP contribution in [0.2, 0.25) is 0 Å². The van der Waals surface area contributed by atoms with Crippen LogP contribution in [0.1, 0.15) is 39.0 Å². The van der Waals surface area contributed by atoms with E-state index < -0.39 is 6.04 Å². The topological polar surface area (TPSA) is 58.6 Å². The number of nitrogens with one attached hydrogen (secondary N) is 1. The van der Waals surface area contributed by atoms with Gasteiger partial charge >= 0.3 is 0 Å². The van der Waals surface area contributed by atoms with E-state index in [2.05, 4.69) is 5.32 Å². The minimum Gasteiger partial charge on any atom is -0.368 e. The van der Waals surface area contributed by atoms with Crippen LogP contribution in [0.3, 0.4) is 0 Å². The Kier molecular flexibility index (Phi) is 4.58. The average molecular weight is 254 g/mol. The highest BCUT2D eigenvalue weighted by Crippen LogP contribution is 2.13. The molecule has 2 rings (SSSR count). The fourth-order valence-corrected chi connectivity index (χ4v) is 2.54. The maximum atomic E-state index is 12.1. The molecule has 5 heteroatoms. The number of hydrogen-bond acceptors (Lipinski definition) is 3. The molecule has 2 unspecified atom stereocenters. The number of rotatable bonds is 3. The van der Waals surface area contributed by atoms with Crippen molar-refractivity contribution in [1.29, 1.82) is 0 Å². The molecule has 1 N–H and O–H groups in total. The van der Waals surface area contributed by atoms with E-state index in [4.69, 9.17) is 4.74 Å². The van der Waals surface area contributed by atoms with Gasteiger partial charge < -0.3 is 15.0 Å². The van der Waals surface area contributed by atoms with Crippen molar-refractivity contribution in [3.05, 3.63) is 0 Å². The summed E-state index contributed by atoms with van der Waals surface area (Å²) in [7, 11) is 0. The number of hydrogen-bond donors (Lipinski definition) is 1. The molecule has 2 fully saturated rings. The van der Waals surface area contributed by atoms with Crippen LogP contribution in [0.5, 0.6) is 0 Å². The Morgan fingerprint density at radius 2 is 1.94 bits per heavy atom. The molecular weight excluding hydrogens is 232 g/mol. The van der Waals surface area contributed by atoms with E-state index in [1.165, 1.54) is 6.42 Å². The Balaban J connectivity index is 1.80. The first-order valence-electron chi connectivity index (χ1n) is 6.89. The van der Waals surface area contributed by atoms with Crippen molar-refractivity contribution in [2.24, 2.45) is 0 Å². The Labute approximate surface area is 108 Å². The quantitative estimate of drug-likeness (QED) is 0.806. The van der Waals surface area contributed by atoms with Gasteiger partial charge in [0.25, 0.3) is 0 Å². The highest BCUT2D eigenvalue weighted by Gasteiger charge is 2.28. The van der Waals surface area contributed by atoms with Crippen LogP contribution in [-0.2, 0) is 14.3 Å². The van der Waals surface area contributed by atoms with Gasteiger partial charge in [0.2, 0.25) is 11.8 Å². The first-order chi connectivity index (χ1) is 8.68. The van der Waals surface area contributed by atoms with Crippen LogP contribution in [0.4, 0.5) is 0 Å². The zero-order chi connectivity index (χ0) is 13.0. The Morgan fingerprint density at radius 1 is 1.22 bits per heavy atom. The van der Waals surface area contributed by atoms with Gasteiger partial charge in [-0.05, 0) is 39.0 Å². The van der Waals surface area contributed by atoms with Crippen LogP contribution >= 0.6 is 0 Å². The summed E-state index contributed by atoms with van der Waals surface area (Å²) in [5, 5.41) is 2.76. The van der Waals surface area contributed by atoms with Crippen LogP contribution < -0.4 is 5.32 Å². The molecule has 2 heterocycles. The summed E-state index contributed by atoms with van der Waals surface area (Å²) in [5.41, 5.74) is 0. The lowest BCUT2D eigenvalue weighted by molar-refractivity contribution is -0.139. The van der Waals surface area contributed by atoms with Gasteiger partial charge in [0.1, 0.15) is 12.1 Å². The molecule has 2 aliphatic heterocycles. The minimum atomic E-state index is -0.445. The van der Waals surface area contributed by atoms with Crippen molar-refractivity contribution < 1.29 is 14.3 Å². The van der Waals surface area contributed by atoms with Crippen molar-refractivity contribution in [2.45, 2.75) is 51.2 Å². The number of carbonyl (C=O) groups excluding carboxylic acids is 2. The monoisotopic (exact) mass is 254 g/mol. The van der Waals surface area contributed by atoms with Gasteiger partial charge in [-0.25, -0.2) is 0 Å². The second kappa shape index (κ2) is 6.18. The second-order valence-corrected chi connectivity index (χ2v) is 5.12. The lowest BCUT2D eigenvalue weighted by atomic mass is 10.1. The zero-order valence-corrected chi connectivity index (χ0v) is 11.0. The first-order valence-corrected chi connectivity index (χ1v) is 6.89. The zero-order valence-electron chi connectivity index (χ0n) is 11.0. The van der Waals surface area contributed by atoms with E-state index in [0.717, 1.165) is 38.8 Å². The summed E-state index contributed by atoms with van der Waals surface area (Å²) in [4.78, 5) is 25.8. The Morgan fingerprint density at radius 3 is 2.56 bits per heavy atom. The molecule has 0 saturated carbocycles. The number of nitrogens with zero attached hydrogens (tertiary/aromatic N) is 1. The third-order valence-corrected chi connectivity index (χ3v) is 3.62. The van der Waals surface area contributed by atoms with Crippen LogP contribution in [0.15, 0.2) is 0 Å². The van der Waals surface area contributed by atoms with E-state index in [9.17, 15) is 9.59 Å². The van der Waals surface area contributed by atoms with Crippen LogP contribution in [0.25, 0.3) is 0 Å². The molecule has 0 bridgehead atoms. The average Bonchev–Trinajstić information content (AvgIpc) is 2.92. The Bertz CT molecular complexity index is 307. The van der Waals surface area contributed by atoms with E-state index >= 15 is 0 Å². The molecule has 0 aliphatic carbocycles. The van der Waals surface area contributed by atoms with Crippen molar-refractivity contribution in [3.63, 3.8) is 0 Å². The minimum absolute atomic E-state index is 0.0287. The normalized spacial score (nSPS) is 25.8. The van der Waals surface area contributed by atoms with Crippen LogP contribution in [0, 0.1) is 0 Å². The molecule has 0 radical (unpaired) electrons. The van der Waals surface area contributed by atoms with Crippen molar-refractivity contribution in [1.82, 2.24) is 10.2 Å². The van der Waals surface area contributed by atoms with E-state index in [1.54, 1.807) is 6.92 Å². The smallest absolute Gasteiger partial charge is 0.249 e. The molecule has 102 valence electrons. The van der Waals surface area contributed by atoms with Gasteiger partial charge in [-0.15, -0.1) is 0 Å². The lowest BCUT2D eigenvalue weighted by Gasteiger charge is -2.29. The summed E-state index contributed by atoms with van der Waals surface area (Å²) >= 11 is 0. The first kappa shape index (κ1) is 13.3. The third-order valence-electron chi connectivity index (χ3n) is 3.62. The second-order valence-electron chi connectivity index (χ2n) is 5.12. The fourth-order valence-electron chi connectivity index (χ4n) is 2.54. The number of amides is 2. The summed E-state index contributed by atoms with van der Waals surface area (Å²) in [6.07, 6.45) is 4.65. The molecule has 5 nitrogen and oxygen atoms in total. The predicted molar refractivity (Wildman–Crippen MR) is 67.0 cm³/mol. The number of ether oxygens (including phenoxy) is 1. The molecule has 0 aromatic rings. The maximum Gasteiger partial charge on any atom is 0.249 e. The molecule has 0 spiro atoms. The standard InChI is InChI=1S/C13H22N2O3/c1-10(13(17)15-7-3-2-4-8-15)14-12(16)11-6-5-9-18-11/h10-11H,2-9H2,1H3,(H,14,16). The van der Waals surface area contributed by atoms with Gasteiger partial charge in [-0.3, -0.25) is 9.59 Å². The van der Waals surface area contributed by atoms with Crippen LogP contribution in [-0.4, -0.2) is 48.6 Å². The van der Waals surface area contributed by atoms with E-state index in [-0.39, 0.29) is 17.9 Å². The molecule has 0 aromatic carbocycles. The van der Waals surface area contributed by atoms with Gasteiger partial charge in [-0.2, -0.15) is 0 Å². The van der Waals surface area contributed by atoms with Gasteiger partial charge in [0.15, 0.2) is 0 Å². The van der Waals surface area contributed by atoms with Crippen molar-refractivity contribution >= 4 is 11.8 Å². The van der Waals surface area contributed by atoms with E-state index in [0.29, 0.717) is 6.61 Å². The number of carbonyl (C=O) groups is 2. The predicted octanol–water partition coefficient (Wildman–Crippen LogP) is 0.683. The molecule has 18 heavy (non-hydrogen) atoms.